The van der Waals surface area contributed by atoms with Crippen molar-refractivity contribution in [1.29, 1.82) is 0 Å². The zero-order valence-corrected chi connectivity index (χ0v) is 24.9. The van der Waals surface area contributed by atoms with E-state index in [1.54, 1.807) is 43.6 Å². The van der Waals surface area contributed by atoms with E-state index in [1.807, 2.05) is 44.2 Å². The van der Waals surface area contributed by atoms with Crippen molar-refractivity contribution in [2.24, 2.45) is 0 Å². The van der Waals surface area contributed by atoms with Gasteiger partial charge in [-0.1, -0.05) is 30.3 Å². The molecule has 2 aromatic carbocycles. The summed E-state index contributed by atoms with van der Waals surface area (Å²) in [4.78, 5) is 59.3. The van der Waals surface area contributed by atoms with E-state index in [2.05, 4.69) is 31.2 Å². The first-order valence-corrected chi connectivity index (χ1v) is 14.4. The molecule has 0 saturated heterocycles. The van der Waals surface area contributed by atoms with Gasteiger partial charge in [-0.25, -0.2) is 9.59 Å². The number of hydrogen-bond donors (Lipinski definition) is 4. The van der Waals surface area contributed by atoms with Gasteiger partial charge in [0.2, 0.25) is 5.91 Å². The van der Waals surface area contributed by atoms with Crippen molar-refractivity contribution in [1.82, 2.24) is 20.6 Å². The van der Waals surface area contributed by atoms with Crippen LogP contribution in [0.15, 0.2) is 76.2 Å². The van der Waals surface area contributed by atoms with Crippen LogP contribution in [-0.4, -0.2) is 46.5 Å². The number of anilines is 2. The number of unbranched alkanes of at least 4 members (excludes halogenated alkanes) is 1. The summed E-state index contributed by atoms with van der Waals surface area (Å²) in [6.07, 6.45) is 3.74. The average molecular weight is 601 g/mol. The van der Waals surface area contributed by atoms with Crippen LogP contribution >= 0.6 is 0 Å². The van der Waals surface area contributed by atoms with Gasteiger partial charge in [0, 0.05) is 36.2 Å². The topological polar surface area (TPSA) is 165 Å². The summed E-state index contributed by atoms with van der Waals surface area (Å²) in [5.41, 5.74) is 2.12. The van der Waals surface area contributed by atoms with Crippen LogP contribution in [0.4, 0.5) is 16.5 Å². The van der Waals surface area contributed by atoms with Gasteiger partial charge >= 0.3 is 11.7 Å². The number of aromatic nitrogens is 2. The lowest BCUT2D eigenvalue weighted by molar-refractivity contribution is -0.118. The lowest BCUT2D eigenvalue weighted by Crippen LogP contribution is -2.44. The van der Waals surface area contributed by atoms with Crippen LogP contribution in [0, 0.1) is 6.92 Å². The molecule has 4 aromatic rings. The minimum Gasteiger partial charge on any atom is -0.445 e. The zero-order valence-electron chi connectivity index (χ0n) is 24.9. The number of benzene rings is 2. The molecule has 0 spiro atoms. The van der Waals surface area contributed by atoms with Gasteiger partial charge < -0.3 is 30.4 Å². The molecular formula is C32H36N6O6. The molecule has 0 fully saturated rings. The van der Waals surface area contributed by atoms with E-state index in [4.69, 9.17) is 9.15 Å². The molecule has 0 saturated carbocycles. The fourth-order valence-electron chi connectivity index (χ4n) is 4.46. The predicted octanol–water partition coefficient (Wildman–Crippen LogP) is 4.55. The van der Waals surface area contributed by atoms with Crippen molar-refractivity contribution in [3.8, 4) is 0 Å². The molecule has 4 rings (SSSR count). The summed E-state index contributed by atoms with van der Waals surface area (Å²) < 4.78 is 10.6. The van der Waals surface area contributed by atoms with Crippen LogP contribution in [0.25, 0.3) is 10.9 Å². The van der Waals surface area contributed by atoms with Crippen molar-refractivity contribution < 1.29 is 23.5 Å². The summed E-state index contributed by atoms with van der Waals surface area (Å²) in [5.74, 6) is -0.685. The second-order valence-electron chi connectivity index (χ2n) is 10.5. The molecule has 44 heavy (non-hydrogen) atoms. The fourth-order valence-corrected chi connectivity index (χ4v) is 4.46. The number of hydrogen-bond acceptors (Lipinski definition) is 9. The molecule has 2 heterocycles. The fraction of sp³-hybridized carbons (Fsp3) is 0.312. The quantitative estimate of drug-likeness (QED) is 0.161. The molecule has 12 nitrogen and oxygen atoms in total. The monoisotopic (exact) mass is 600 g/mol. The first kappa shape index (κ1) is 31.7. The number of amides is 3. The van der Waals surface area contributed by atoms with Crippen LogP contribution in [0.2, 0.25) is 0 Å². The lowest BCUT2D eigenvalue weighted by atomic mass is 10.1. The van der Waals surface area contributed by atoms with Gasteiger partial charge in [0.05, 0.1) is 10.9 Å². The highest BCUT2D eigenvalue weighted by Gasteiger charge is 2.22. The molecular weight excluding hydrogens is 564 g/mol. The molecule has 0 bridgehead atoms. The van der Waals surface area contributed by atoms with Gasteiger partial charge in [0.15, 0.2) is 0 Å². The number of nitrogens with one attached hydrogen (secondary N) is 4. The van der Waals surface area contributed by atoms with Crippen molar-refractivity contribution in [3.05, 3.63) is 94.1 Å². The van der Waals surface area contributed by atoms with Gasteiger partial charge in [-0.2, -0.15) is 4.98 Å². The number of pyridine rings is 1. The maximum absolute atomic E-state index is 13.4. The van der Waals surface area contributed by atoms with Crippen LogP contribution in [0.5, 0.6) is 0 Å². The largest absolute Gasteiger partial charge is 0.445 e. The standard InChI is InChI=1S/C32H36N6O6/c1-20(2)35-31-37-26-18-24(17-21(3)27(26)30(41)44-31)36-29(40)25(38-32(42)43-19-22-9-5-4-6-10-22)11-7-8-14-34-28(39)23-12-15-33-16-13-23/h4-6,9-10,12-13,15-18,20,25H,7-8,11,14,19H2,1-3H3,(H,34,39)(H,35,37)(H,36,40)(H,38,42)/t25-/m0/s1. The van der Waals surface area contributed by atoms with E-state index < -0.39 is 23.7 Å². The third-order valence-corrected chi connectivity index (χ3v) is 6.58. The molecule has 12 heteroatoms. The van der Waals surface area contributed by atoms with Crippen molar-refractivity contribution in [3.63, 3.8) is 0 Å². The molecule has 2 aromatic heterocycles. The number of fused-ring (bicyclic) bond motifs is 1. The summed E-state index contributed by atoms with van der Waals surface area (Å²) in [7, 11) is 0. The van der Waals surface area contributed by atoms with E-state index in [0.717, 1.165) is 5.56 Å². The Balaban J connectivity index is 1.43. The second kappa shape index (κ2) is 15.3. The Kier molecular flexibility index (Phi) is 11.0. The lowest BCUT2D eigenvalue weighted by Gasteiger charge is -2.19. The van der Waals surface area contributed by atoms with E-state index in [-0.39, 0.29) is 31.0 Å². The van der Waals surface area contributed by atoms with E-state index in [1.165, 1.54) is 0 Å². The molecule has 0 aliphatic rings. The molecule has 4 N–H and O–H groups in total. The average Bonchev–Trinajstić information content (AvgIpc) is 2.99. The minimum atomic E-state index is -0.933. The van der Waals surface area contributed by atoms with E-state index >= 15 is 0 Å². The first-order chi connectivity index (χ1) is 21.2. The summed E-state index contributed by atoms with van der Waals surface area (Å²) >= 11 is 0. The Hall–Kier alpha value is -5.26. The molecule has 0 aliphatic carbocycles. The molecule has 230 valence electrons. The summed E-state index contributed by atoms with van der Waals surface area (Å²) in [6.45, 7) is 5.94. The van der Waals surface area contributed by atoms with Crippen molar-refractivity contribution in [2.45, 2.75) is 58.7 Å². The Morgan fingerprint density at radius 2 is 1.75 bits per heavy atom. The third kappa shape index (κ3) is 9.12. The minimum absolute atomic E-state index is 0.00970. The van der Waals surface area contributed by atoms with Gasteiger partial charge in [0.25, 0.3) is 11.9 Å². The third-order valence-electron chi connectivity index (χ3n) is 6.58. The predicted molar refractivity (Wildman–Crippen MR) is 166 cm³/mol. The zero-order chi connectivity index (χ0) is 31.5. The Morgan fingerprint density at radius 1 is 1.00 bits per heavy atom. The number of nitrogens with zero attached hydrogens (tertiary/aromatic N) is 2. The second-order valence-corrected chi connectivity index (χ2v) is 10.5. The normalized spacial score (nSPS) is 11.5. The highest BCUT2D eigenvalue weighted by Crippen LogP contribution is 2.22. The number of alkyl carbamates (subject to hydrolysis) is 1. The van der Waals surface area contributed by atoms with Gasteiger partial charge in [-0.3, -0.25) is 14.6 Å². The smallest absolute Gasteiger partial charge is 0.408 e. The number of rotatable bonds is 13. The molecule has 0 aliphatic heterocycles. The van der Waals surface area contributed by atoms with Gasteiger partial charge in [-0.15, -0.1) is 0 Å². The number of carbonyl (C=O) groups is 3. The number of ether oxygens (including phenoxy) is 1. The Morgan fingerprint density at radius 3 is 2.48 bits per heavy atom. The SMILES string of the molecule is Cc1cc(NC(=O)[C@H](CCCCNC(=O)c2ccncc2)NC(=O)OCc2ccccc2)cc2nc(NC(C)C)oc(=O)c12. The Labute approximate surface area is 254 Å². The van der Waals surface area contributed by atoms with E-state index in [0.29, 0.717) is 47.1 Å². The number of carbonyl (C=O) groups excluding carboxylic acids is 3. The highest BCUT2D eigenvalue weighted by molar-refractivity contribution is 5.98. The maximum Gasteiger partial charge on any atom is 0.408 e. The van der Waals surface area contributed by atoms with Crippen LogP contribution in [-0.2, 0) is 16.1 Å². The Bertz CT molecular complexity index is 1640. The van der Waals surface area contributed by atoms with Crippen molar-refractivity contribution in [2.75, 3.05) is 17.2 Å². The van der Waals surface area contributed by atoms with Gasteiger partial charge in [-0.05, 0) is 75.4 Å². The van der Waals surface area contributed by atoms with Crippen LogP contribution in [0.1, 0.15) is 54.6 Å². The van der Waals surface area contributed by atoms with Crippen LogP contribution in [0.3, 0.4) is 0 Å². The van der Waals surface area contributed by atoms with Crippen molar-refractivity contribution >= 4 is 40.5 Å². The summed E-state index contributed by atoms with van der Waals surface area (Å²) in [5, 5.41) is 11.6. The first-order valence-electron chi connectivity index (χ1n) is 14.4. The maximum atomic E-state index is 13.4. The molecule has 0 radical (unpaired) electrons. The highest BCUT2D eigenvalue weighted by atomic mass is 16.5. The summed E-state index contributed by atoms with van der Waals surface area (Å²) in [6, 6.07) is 14.8. The van der Waals surface area contributed by atoms with E-state index in [9.17, 15) is 19.2 Å². The van der Waals surface area contributed by atoms with Gasteiger partial charge in [0.1, 0.15) is 12.6 Å². The van der Waals surface area contributed by atoms with Crippen LogP contribution < -0.4 is 26.9 Å². The number of aryl methyl sites for hydroxylation is 1. The molecule has 0 unspecified atom stereocenters. The molecule has 3 amide bonds. The molecule has 1 atom stereocenters.